The van der Waals surface area contributed by atoms with Crippen molar-refractivity contribution >= 4 is 0 Å². The molecule has 1 aliphatic rings. The van der Waals surface area contributed by atoms with E-state index in [-0.39, 0.29) is 6.10 Å². The van der Waals surface area contributed by atoms with Crippen molar-refractivity contribution in [2.24, 2.45) is 11.7 Å². The fourth-order valence-electron chi connectivity index (χ4n) is 2.17. The van der Waals surface area contributed by atoms with Crippen molar-refractivity contribution in [1.29, 1.82) is 0 Å². The topological polar surface area (TPSA) is 48.1 Å². The van der Waals surface area contributed by atoms with Crippen LogP contribution < -0.4 is 10.5 Å². The van der Waals surface area contributed by atoms with Gasteiger partial charge in [0.05, 0.1) is 0 Å². The minimum Gasteiger partial charge on any atom is -0.474 e. The van der Waals surface area contributed by atoms with Crippen molar-refractivity contribution in [2.45, 2.75) is 32.3 Å². The maximum atomic E-state index is 5.87. The van der Waals surface area contributed by atoms with Gasteiger partial charge in [-0.15, -0.1) is 0 Å². The molecule has 0 aromatic carbocycles. The highest BCUT2D eigenvalue weighted by Crippen LogP contribution is 2.28. The number of rotatable bonds is 3. The number of nitrogens with two attached hydrogens (primary N) is 1. The van der Waals surface area contributed by atoms with Crippen LogP contribution in [0.3, 0.4) is 0 Å². The van der Waals surface area contributed by atoms with Gasteiger partial charge in [0.1, 0.15) is 6.10 Å². The van der Waals surface area contributed by atoms with E-state index in [1.807, 2.05) is 25.1 Å². The van der Waals surface area contributed by atoms with E-state index in [1.54, 1.807) is 0 Å². The molecule has 1 fully saturated rings. The van der Waals surface area contributed by atoms with Crippen molar-refractivity contribution in [3.63, 3.8) is 0 Å². The van der Waals surface area contributed by atoms with E-state index in [0.717, 1.165) is 24.5 Å². The second kappa shape index (κ2) is 4.62. The molecule has 1 aromatic rings. The lowest BCUT2D eigenvalue weighted by atomic mass is 10.1. The largest absolute Gasteiger partial charge is 0.474 e. The molecule has 1 saturated carbocycles. The van der Waals surface area contributed by atoms with Crippen molar-refractivity contribution in [3.8, 4) is 5.88 Å². The first-order valence-electron chi connectivity index (χ1n) is 5.60. The summed E-state index contributed by atoms with van der Waals surface area (Å²) in [4.78, 5) is 4.34. The van der Waals surface area contributed by atoms with Crippen LogP contribution in [-0.4, -0.2) is 17.6 Å². The monoisotopic (exact) mass is 206 g/mol. The lowest BCUT2D eigenvalue weighted by Crippen LogP contribution is -2.27. The van der Waals surface area contributed by atoms with Crippen LogP contribution in [0.25, 0.3) is 0 Å². The fourth-order valence-corrected chi connectivity index (χ4v) is 2.17. The Labute approximate surface area is 90.7 Å². The van der Waals surface area contributed by atoms with Crippen LogP contribution in [0.1, 0.15) is 25.0 Å². The highest BCUT2D eigenvalue weighted by Gasteiger charge is 2.27. The van der Waals surface area contributed by atoms with E-state index >= 15 is 0 Å². The maximum absolute atomic E-state index is 5.87. The molecule has 0 amide bonds. The number of hydrogen-bond acceptors (Lipinski definition) is 3. The fraction of sp³-hybridized carbons (Fsp3) is 0.583. The minimum absolute atomic E-state index is 0.268. The molecule has 2 N–H and O–H groups in total. The van der Waals surface area contributed by atoms with Gasteiger partial charge >= 0.3 is 0 Å². The van der Waals surface area contributed by atoms with Crippen molar-refractivity contribution in [3.05, 3.63) is 23.9 Å². The molecule has 82 valence electrons. The summed E-state index contributed by atoms with van der Waals surface area (Å²) in [6.07, 6.45) is 3.78. The molecule has 1 heterocycles. The van der Waals surface area contributed by atoms with Gasteiger partial charge < -0.3 is 10.5 Å². The molecular formula is C12H18N2O. The SMILES string of the molecule is Cc1cccc(OC2CCCC2CN)n1. The Balaban J connectivity index is 2.02. The molecule has 0 radical (unpaired) electrons. The first-order chi connectivity index (χ1) is 7.29. The normalized spacial score (nSPS) is 25.5. The summed E-state index contributed by atoms with van der Waals surface area (Å²) in [5.74, 6) is 1.24. The zero-order valence-electron chi connectivity index (χ0n) is 9.15. The zero-order valence-corrected chi connectivity index (χ0v) is 9.15. The van der Waals surface area contributed by atoms with Crippen LogP contribution in [0.2, 0.25) is 0 Å². The summed E-state index contributed by atoms with van der Waals surface area (Å²) < 4.78 is 5.87. The second-order valence-corrected chi connectivity index (χ2v) is 4.20. The first-order valence-corrected chi connectivity index (χ1v) is 5.60. The minimum atomic E-state index is 0.268. The number of aromatic nitrogens is 1. The number of ether oxygens (including phenoxy) is 1. The Morgan fingerprint density at radius 1 is 1.47 bits per heavy atom. The smallest absolute Gasteiger partial charge is 0.213 e. The molecule has 15 heavy (non-hydrogen) atoms. The molecule has 1 aliphatic carbocycles. The van der Waals surface area contributed by atoms with Gasteiger partial charge in [0.2, 0.25) is 5.88 Å². The molecule has 2 rings (SSSR count). The summed E-state index contributed by atoms with van der Waals surface area (Å²) in [6, 6.07) is 5.87. The molecule has 3 heteroatoms. The van der Waals surface area contributed by atoms with Crippen LogP contribution >= 0.6 is 0 Å². The van der Waals surface area contributed by atoms with Crippen molar-refractivity contribution in [1.82, 2.24) is 4.98 Å². The zero-order chi connectivity index (χ0) is 10.7. The molecule has 0 aliphatic heterocycles. The lowest BCUT2D eigenvalue weighted by Gasteiger charge is -2.19. The third kappa shape index (κ3) is 2.48. The van der Waals surface area contributed by atoms with Crippen molar-refractivity contribution in [2.75, 3.05) is 6.54 Å². The molecule has 0 spiro atoms. The highest BCUT2D eigenvalue weighted by molar-refractivity contribution is 5.15. The van der Waals surface area contributed by atoms with Crippen LogP contribution in [-0.2, 0) is 0 Å². The van der Waals surface area contributed by atoms with Gasteiger partial charge in [0, 0.05) is 17.7 Å². The number of aryl methyl sites for hydroxylation is 1. The third-order valence-corrected chi connectivity index (χ3v) is 3.03. The van der Waals surface area contributed by atoms with E-state index in [4.69, 9.17) is 10.5 Å². The summed E-state index contributed by atoms with van der Waals surface area (Å²) in [6.45, 7) is 2.69. The van der Waals surface area contributed by atoms with Crippen LogP contribution in [0.5, 0.6) is 5.88 Å². The molecule has 2 unspecified atom stereocenters. The number of hydrogen-bond donors (Lipinski definition) is 1. The summed E-state index contributed by atoms with van der Waals surface area (Å²) in [5, 5.41) is 0. The second-order valence-electron chi connectivity index (χ2n) is 4.20. The van der Waals surface area contributed by atoms with Crippen LogP contribution in [0.4, 0.5) is 0 Å². The van der Waals surface area contributed by atoms with Gasteiger partial charge in [-0.05, 0) is 38.8 Å². The molecule has 1 aromatic heterocycles. The molecular weight excluding hydrogens is 188 g/mol. The van der Waals surface area contributed by atoms with E-state index in [0.29, 0.717) is 5.92 Å². The van der Waals surface area contributed by atoms with Gasteiger partial charge in [-0.1, -0.05) is 6.07 Å². The lowest BCUT2D eigenvalue weighted by molar-refractivity contribution is 0.155. The molecule has 2 atom stereocenters. The Kier molecular flexibility index (Phi) is 3.21. The summed E-state index contributed by atoms with van der Waals surface area (Å²) in [5.41, 5.74) is 6.70. The van der Waals surface area contributed by atoms with E-state index in [2.05, 4.69) is 4.98 Å². The van der Waals surface area contributed by atoms with Gasteiger partial charge in [0.15, 0.2) is 0 Å². The Bertz CT molecular complexity index is 327. The predicted octanol–water partition coefficient (Wildman–Crippen LogP) is 1.90. The van der Waals surface area contributed by atoms with Gasteiger partial charge in [-0.3, -0.25) is 0 Å². The standard InChI is InChI=1S/C12H18N2O/c1-9-4-2-7-12(14-9)15-11-6-3-5-10(11)8-13/h2,4,7,10-11H,3,5-6,8,13H2,1H3. The first kappa shape index (κ1) is 10.4. The van der Waals surface area contributed by atoms with Crippen LogP contribution in [0, 0.1) is 12.8 Å². The molecule has 0 saturated heterocycles. The van der Waals surface area contributed by atoms with Crippen LogP contribution in [0.15, 0.2) is 18.2 Å². The Morgan fingerprint density at radius 3 is 3.07 bits per heavy atom. The number of pyridine rings is 1. The number of nitrogens with zero attached hydrogens (tertiary/aromatic N) is 1. The average molecular weight is 206 g/mol. The van der Waals surface area contributed by atoms with E-state index in [1.165, 1.54) is 12.8 Å². The summed E-state index contributed by atoms with van der Waals surface area (Å²) >= 11 is 0. The predicted molar refractivity (Wildman–Crippen MR) is 59.8 cm³/mol. The maximum Gasteiger partial charge on any atom is 0.213 e. The summed E-state index contributed by atoms with van der Waals surface area (Å²) in [7, 11) is 0. The van der Waals surface area contributed by atoms with Gasteiger partial charge in [0.25, 0.3) is 0 Å². The molecule has 3 nitrogen and oxygen atoms in total. The van der Waals surface area contributed by atoms with E-state index < -0.39 is 0 Å². The molecule has 0 bridgehead atoms. The average Bonchev–Trinajstić information content (AvgIpc) is 2.65. The Hall–Kier alpha value is -1.09. The quantitative estimate of drug-likeness (QED) is 0.821. The van der Waals surface area contributed by atoms with E-state index in [9.17, 15) is 0 Å². The third-order valence-electron chi connectivity index (χ3n) is 3.03. The Morgan fingerprint density at radius 2 is 2.33 bits per heavy atom. The van der Waals surface area contributed by atoms with Gasteiger partial charge in [-0.25, -0.2) is 4.98 Å². The van der Waals surface area contributed by atoms with Gasteiger partial charge in [-0.2, -0.15) is 0 Å². The highest BCUT2D eigenvalue weighted by atomic mass is 16.5. The van der Waals surface area contributed by atoms with Crippen molar-refractivity contribution < 1.29 is 4.74 Å².